The number of anilines is 1. The van der Waals surface area contributed by atoms with Crippen molar-refractivity contribution in [3.8, 4) is 5.75 Å². The van der Waals surface area contributed by atoms with E-state index in [4.69, 9.17) is 21.3 Å². The predicted molar refractivity (Wildman–Crippen MR) is 128 cm³/mol. The van der Waals surface area contributed by atoms with E-state index >= 15 is 0 Å². The number of rotatable bonds is 10. The fourth-order valence-corrected chi connectivity index (χ4v) is 4.86. The Kier molecular flexibility index (Phi) is 8.39. The average Bonchev–Trinajstić information content (AvgIpc) is 3.15. The molecule has 1 amide bonds. The number of halogens is 1. The van der Waals surface area contributed by atoms with Crippen LogP contribution in [-0.2, 0) is 4.79 Å². The highest BCUT2D eigenvalue weighted by atomic mass is 35.5. The van der Waals surface area contributed by atoms with E-state index in [1.165, 1.54) is 11.3 Å². The Morgan fingerprint density at radius 3 is 2.63 bits per heavy atom. The number of amides is 1. The maximum Gasteiger partial charge on any atom is 0.228 e. The molecule has 3 rings (SSSR count). The maximum atomic E-state index is 13.0. The van der Waals surface area contributed by atoms with Gasteiger partial charge in [0.2, 0.25) is 5.91 Å². The van der Waals surface area contributed by atoms with Crippen LogP contribution >= 0.6 is 34.7 Å². The summed E-state index contributed by atoms with van der Waals surface area (Å²) in [6.07, 6.45) is 1.30. The Hall–Kier alpha value is -1.80. The minimum absolute atomic E-state index is 0.111. The lowest BCUT2D eigenvalue weighted by Crippen LogP contribution is -2.36. The van der Waals surface area contributed by atoms with Crippen LogP contribution in [0.4, 0.5) is 5.13 Å². The number of aromatic nitrogens is 1. The molecule has 30 heavy (non-hydrogen) atoms. The van der Waals surface area contributed by atoms with Gasteiger partial charge in [-0.1, -0.05) is 22.9 Å². The molecule has 0 saturated heterocycles. The summed E-state index contributed by atoms with van der Waals surface area (Å²) in [6.45, 7) is 1.40. The number of ether oxygens (including phenoxy) is 1. The van der Waals surface area contributed by atoms with Crippen molar-refractivity contribution in [1.82, 2.24) is 9.88 Å². The van der Waals surface area contributed by atoms with Gasteiger partial charge in [-0.2, -0.15) is 0 Å². The van der Waals surface area contributed by atoms with E-state index in [9.17, 15) is 4.79 Å². The zero-order valence-electron chi connectivity index (χ0n) is 17.4. The van der Waals surface area contributed by atoms with Crippen molar-refractivity contribution in [2.45, 2.75) is 17.7 Å². The van der Waals surface area contributed by atoms with Crippen molar-refractivity contribution in [2.75, 3.05) is 44.9 Å². The fourth-order valence-electron chi connectivity index (χ4n) is 2.84. The molecule has 0 N–H and O–H groups in total. The molecule has 0 saturated carbocycles. The Labute approximate surface area is 191 Å². The molecule has 0 spiro atoms. The summed E-state index contributed by atoms with van der Waals surface area (Å²) in [5, 5.41) is 1.48. The number of thiazole rings is 1. The molecule has 0 bridgehead atoms. The third-order valence-corrected chi connectivity index (χ3v) is 6.90. The van der Waals surface area contributed by atoms with E-state index in [2.05, 4.69) is 4.90 Å². The number of hydrogen-bond acceptors (Lipinski definition) is 6. The number of benzene rings is 2. The lowest BCUT2D eigenvalue weighted by Gasteiger charge is -2.22. The molecule has 0 atom stereocenters. The summed E-state index contributed by atoms with van der Waals surface area (Å²) in [5.41, 5.74) is 0.886. The molecule has 160 valence electrons. The SMILES string of the molecule is COc1ccc2nc(N(CCN(C)C)C(=O)CCCSc3ccc(Cl)cc3)sc2c1. The lowest BCUT2D eigenvalue weighted by atomic mass is 10.3. The molecule has 0 fully saturated rings. The monoisotopic (exact) mass is 463 g/mol. The molecule has 3 aromatic rings. The first-order valence-electron chi connectivity index (χ1n) is 9.74. The number of nitrogens with zero attached hydrogens (tertiary/aromatic N) is 3. The molecule has 2 aromatic carbocycles. The number of methoxy groups -OCH3 is 1. The van der Waals surface area contributed by atoms with Crippen LogP contribution in [0, 0.1) is 0 Å². The molecule has 8 heteroatoms. The van der Waals surface area contributed by atoms with Crippen LogP contribution in [0.2, 0.25) is 5.02 Å². The molecule has 0 aliphatic heterocycles. The van der Waals surface area contributed by atoms with Crippen LogP contribution in [0.1, 0.15) is 12.8 Å². The van der Waals surface area contributed by atoms with Crippen LogP contribution in [0.15, 0.2) is 47.4 Å². The van der Waals surface area contributed by atoms with Crippen molar-refractivity contribution in [2.24, 2.45) is 0 Å². The average molecular weight is 464 g/mol. The van der Waals surface area contributed by atoms with E-state index in [0.717, 1.165) is 49.7 Å². The van der Waals surface area contributed by atoms with Gasteiger partial charge in [0.25, 0.3) is 0 Å². The van der Waals surface area contributed by atoms with Gasteiger partial charge in [0.15, 0.2) is 5.13 Å². The van der Waals surface area contributed by atoms with Crippen LogP contribution in [-0.4, -0.2) is 55.8 Å². The second-order valence-electron chi connectivity index (χ2n) is 7.08. The largest absolute Gasteiger partial charge is 0.497 e. The standard InChI is InChI=1S/C22H26ClN3O2S2/c1-25(2)12-13-26(22-24-19-11-8-17(28-3)15-20(19)30-22)21(27)5-4-14-29-18-9-6-16(23)7-10-18/h6-11,15H,4-5,12-14H2,1-3H3. The first-order valence-corrected chi connectivity index (χ1v) is 11.9. The summed E-state index contributed by atoms with van der Waals surface area (Å²) in [6, 6.07) is 13.6. The van der Waals surface area contributed by atoms with Crippen LogP contribution < -0.4 is 9.64 Å². The molecule has 0 aliphatic carbocycles. The van der Waals surface area contributed by atoms with Crippen molar-refractivity contribution >= 4 is 56.0 Å². The second kappa shape index (κ2) is 11.0. The number of fused-ring (bicyclic) bond motifs is 1. The summed E-state index contributed by atoms with van der Waals surface area (Å²) in [4.78, 5) is 22.8. The second-order valence-corrected chi connectivity index (χ2v) is 9.70. The van der Waals surface area contributed by atoms with Gasteiger partial charge >= 0.3 is 0 Å². The first-order chi connectivity index (χ1) is 14.5. The summed E-state index contributed by atoms with van der Waals surface area (Å²) in [5.74, 6) is 1.79. The predicted octanol–water partition coefficient (Wildman–Crippen LogP) is 5.43. The third-order valence-electron chi connectivity index (χ3n) is 4.50. The number of thioether (sulfide) groups is 1. The van der Waals surface area contributed by atoms with Crippen molar-refractivity contribution in [3.63, 3.8) is 0 Å². The Morgan fingerprint density at radius 2 is 1.93 bits per heavy atom. The molecule has 0 radical (unpaired) electrons. The van der Waals surface area contributed by atoms with E-state index in [0.29, 0.717) is 13.0 Å². The number of hydrogen-bond donors (Lipinski definition) is 0. The highest BCUT2D eigenvalue weighted by molar-refractivity contribution is 7.99. The van der Waals surface area contributed by atoms with Gasteiger partial charge in [0.1, 0.15) is 5.75 Å². The molecule has 0 aliphatic rings. The van der Waals surface area contributed by atoms with Crippen LogP contribution in [0.5, 0.6) is 5.75 Å². The zero-order chi connectivity index (χ0) is 21.5. The minimum atomic E-state index is 0.111. The Bertz CT molecular complexity index is 976. The minimum Gasteiger partial charge on any atom is -0.497 e. The fraction of sp³-hybridized carbons (Fsp3) is 0.364. The van der Waals surface area contributed by atoms with E-state index in [-0.39, 0.29) is 5.91 Å². The molecule has 1 aromatic heterocycles. The summed E-state index contributed by atoms with van der Waals surface area (Å²) >= 11 is 9.20. The van der Waals surface area contributed by atoms with Gasteiger partial charge in [0.05, 0.1) is 17.3 Å². The van der Waals surface area contributed by atoms with Crippen molar-refractivity contribution in [3.05, 3.63) is 47.5 Å². The van der Waals surface area contributed by atoms with Gasteiger partial charge in [-0.25, -0.2) is 4.98 Å². The van der Waals surface area contributed by atoms with Gasteiger partial charge in [-0.05, 0) is 68.7 Å². The molecular weight excluding hydrogens is 438 g/mol. The lowest BCUT2D eigenvalue weighted by molar-refractivity contribution is -0.118. The summed E-state index contributed by atoms with van der Waals surface area (Å²) < 4.78 is 6.33. The first kappa shape index (κ1) is 22.9. The van der Waals surface area contributed by atoms with E-state index < -0.39 is 0 Å². The van der Waals surface area contributed by atoms with Crippen molar-refractivity contribution in [1.29, 1.82) is 0 Å². The third kappa shape index (κ3) is 6.35. The van der Waals surface area contributed by atoms with E-state index in [1.54, 1.807) is 18.9 Å². The molecule has 5 nitrogen and oxygen atoms in total. The number of carbonyl (C=O) groups excluding carboxylic acids is 1. The van der Waals surface area contributed by atoms with Crippen LogP contribution in [0.25, 0.3) is 10.2 Å². The van der Waals surface area contributed by atoms with Gasteiger partial charge < -0.3 is 9.64 Å². The Balaban J connectivity index is 1.64. The highest BCUT2D eigenvalue weighted by Crippen LogP contribution is 2.32. The maximum absolute atomic E-state index is 13.0. The van der Waals surface area contributed by atoms with Crippen molar-refractivity contribution < 1.29 is 9.53 Å². The van der Waals surface area contributed by atoms with Gasteiger partial charge in [-0.15, -0.1) is 11.8 Å². The Morgan fingerprint density at radius 1 is 1.17 bits per heavy atom. The zero-order valence-corrected chi connectivity index (χ0v) is 19.8. The number of likely N-dealkylation sites (N-methyl/N-ethyl adjacent to an activating group) is 1. The van der Waals surface area contributed by atoms with Crippen LogP contribution in [0.3, 0.4) is 0 Å². The quantitative estimate of drug-likeness (QED) is 0.296. The van der Waals surface area contributed by atoms with Gasteiger partial charge in [-0.3, -0.25) is 9.69 Å². The summed E-state index contributed by atoms with van der Waals surface area (Å²) in [7, 11) is 5.67. The number of carbonyl (C=O) groups is 1. The van der Waals surface area contributed by atoms with E-state index in [1.807, 2.05) is 61.5 Å². The molecule has 0 unspecified atom stereocenters. The van der Waals surface area contributed by atoms with Gasteiger partial charge in [0, 0.05) is 29.4 Å². The topological polar surface area (TPSA) is 45.7 Å². The molecule has 1 heterocycles. The smallest absolute Gasteiger partial charge is 0.228 e. The normalized spacial score (nSPS) is 11.2. The highest BCUT2D eigenvalue weighted by Gasteiger charge is 2.19. The molecular formula is C22H26ClN3O2S2.